The van der Waals surface area contributed by atoms with Gasteiger partial charge in [-0.3, -0.25) is 4.79 Å². The van der Waals surface area contributed by atoms with Crippen LogP contribution in [0, 0.1) is 5.92 Å². The van der Waals surface area contributed by atoms with Crippen molar-refractivity contribution in [3.8, 4) is 0 Å². The molecule has 0 heterocycles. The van der Waals surface area contributed by atoms with Crippen LogP contribution in [0.3, 0.4) is 0 Å². The van der Waals surface area contributed by atoms with Crippen molar-refractivity contribution in [2.24, 2.45) is 5.92 Å². The Labute approximate surface area is 119 Å². The van der Waals surface area contributed by atoms with Crippen LogP contribution in [-0.2, 0) is 9.53 Å². The molecule has 0 aliphatic heterocycles. The highest BCUT2D eigenvalue weighted by atomic mass is 16.5. The molecular formula is C17H32O2. The zero-order chi connectivity index (χ0) is 13.9. The first-order valence-electron chi connectivity index (χ1n) is 8.35. The van der Waals surface area contributed by atoms with Gasteiger partial charge in [-0.1, -0.05) is 70.6 Å². The Morgan fingerprint density at radius 1 is 0.947 bits per heavy atom. The van der Waals surface area contributed by atoms with Crippen LogP contribution in [0.5, 0.6) is 0 Å². The molecule has 1 atom stereocenters. The molecule has 0 bridgehead atoms. The number of hydrogen-bond donors (Lipinski definition) is 0. The Balaban J connectivity index is 2.31. The van der Waals surface area contributed by atoms with Gasteiger partial charge in [0.25, 0.3) is 0 Å². The van der Waals surface area contributed by atoms with Gasteiger partial charge in [0, 0.05) is 6.92 Å². The molecule has 0 radical (unpaired) electrons. The minimum atomic E-state index is -0.138. The second-order valence-corrected chi connectivity index (χ2v) is 6.28. The van der Waals surface area contributed by atoms with Crippen LogP contribution in [0.15, 0.2) is 0 Å². The first-order valence-corrected chi connectivity index (χ1v) is 8.35. The second kappa shape index (κ2) is 10.3. The Bertz CT molecular complexity index is 225. The summed E-state index contributed by atoms with van der Waals surface area (Å²) < 4.78 is 5.29. The van der Waals surface area contributed by atoms with Gasteiger partial charge in [0.05, 0.1) is 6.10 Å². The fraction of sp³-hybridized carbons (Fsp3) is 0.941. The number of carbonyl (C=O) groups is 1. The third kappa shape index (κ3) is 9.07. The molecule has 0 aromatic heterocycles. The molecule has 0 spiro atoms. The van der Waals surface area contributed by atoms with E-state index in [1.807, 2.05) is 6.92 Å². The molecule has 1 aliphatic carbocycles. The van der Waals surface area contributed by atoms with Gasteiger partial charge in [0.2, 0.25) is 0 Å². The van der Waals surface area contributed by atoms with E-state index < -0.39 is 0 Å². The third-order valence-corrected chi connectivity index (χ3v) is 4.26. The lowest BCUT2D eigenvalue weighted by Gasteiger charge is -2.21. The van der Waals surface area contributed by atoms with E-state index in [0.29, 0.717) is 0 Å². The minimum absolute atomic E-state index is 0.0930. The second-order valence-electron chi connectivity index (χ2n) is 6.28. The van der Waals surface area contributed by atoms with Gasteiger partial charge in [0.15, 0.2) is 0 Å². The average Bonchev–Trinajstić information content (AvgIpc) is 2.31. The molecule has 0 aromatic rings. The number of rotatable bonds is 3. The summed E-state index contributed by atoms with van der Waals surface area (Å²) in [7, 11) is 0. The Morgan fingerprint density at radius 2 is 1.37 bits per heavy atom. The highest BCUT2D eigenvalue weighted by Crippen LogP contribution is 2.25. The van der Waals surface area contributed by atoms with Crippen LogP contribution >= 0.6 is 0 Å². The van der Waals surface area contributed by atoms with Crippen molar-refractivity contribution in [3.63, 3.8) is 0 Å². The fourth-order valence-electron chi connectivity index (χ4n) is 3.28. The molecule has 0 amide bonds. The van der Waals surface area contributed by atoms with Gasteiger partial charge >= 0.3 is 5.97 Å². The lowest BCUT2D eigenvalue weighted by Crippen LogP contribution is -2.17. The summed E-state index contributed by atoms with van der Waals surface area (Å²) in [6.07, 6.45) is 16.4. The first-order chi connectivity index (χ1) is 9.18. The van der Waals surface area contributed by atoms with E-state index in [1.54, 1.807) is 0 Å². The Morgan fingerprint density at radius 3 is 1.79 bits per heavy atom. The van der Waals surface area contributed by atoms with Crippen LogP contribution in [0.4, 0.5) is 0 Å². The van der Waals surface area contributed by atoms with Crippen molar-refractivity contribution in [1.82, 2.24) is 0 Å². The van der Waals surface area contributed by atoms with Crippen LogP contribution in [-0.4, -0.2) is 12.1 Å². The van der Waals surface area contributed by atoms with E-state index in [9.17, 15) is 4.79 Å². The normalized spacial score (nSPS) is 22.0. The van der Waals surface area contributed by atoms with Crippen molar-refractivity contribution in [2.75, 3.05) is 0 Å². The van der Waals surface area contributed by atoms with E-state index >= 15 is 0 Å². The lowest BCUT2D eigenvalue weighted by atomic mass is 9.89. The van der Waals surface area contributed by atoms with Crippen molar-refractivity contribution in [3.05, 3.63) is 0 Å². The van der Waals surface area contributed by atoms with Gasteiger partial charge < -0.3 is 4.74 Å². The molecule has 112 valence electrons. The lowest BCUT2D eigenvalue weighted by molar-refractivity contribution is -0.146. The molecule has 0 saturated heterocycles. The van der Waals surface area contributed by atoms with E-state index in [4.69, 9.17) is 4.74 Å². The zero-order valence-corrected chi connectivity index (χ0v) is 13.0. The summed E-state index contributed by atoms with van der Waals surface area (Å²) in [5.41, 5.74) is 0. The summed E-state index contributed by atoms with van der Waals surface area (Å²) in [4.78, 5) is 11.0. The predicted molar refractivity (Wildman–Crippen MR) is 80.1 cm³/mol. The van der Waals surface area contributed by atoms with Crippen LogP contribution in [0.25, 0.3) is 0 Å². The quantitative estimate of drug-likeness (QED) is 0.653. The van der Waals surface area contributed by atoms with Gasteiger partial charge in [-0.05, 0) is 19.3 Å². The smallest absolute Gasteiger partial charge is 0.302 e. The highest BCUT2D eigenvalue weighted by Gasteiger charge is 2.15. The SMILES string of the molecule is CC(=O)OC(C)CC1CCCCCCCCCCC1. The molecule has 1 rings (SSSR count). The number of ether oxygens (including phenoxy) is 1. The minimum Gasteiger partial charge on any atom is -0.463 e. The predicted octanol–water partition coefficient (Wildman–Crippen LogP) is 5.25. The molecule has 1 unspecified atom stereocenters. The van der Waals surface area contributed by atoms with Crippen LogP contribution in [0.2, 0.25) is 0 Å². The Kier molecular flexibility index (Phi) is 8.94. The third-order valence-electron chi connectivity index (χ3n) is 4.26. The maximum atomic E-state index is 11.0. The first kappa shape index (κ1) is 16.5. The molecule has 19 heavy (non-hydrogen) atoms. The van der Waals surface area contributed by atoms with E-state index in [1.165, 1.54) is 77.6 Å². The Hall–Kier alpha value is -0.530. The molecule has 2 nitrogen and oxygen atoms in total. The molecule has 0 aromatic carbocycles. The van der Waals surface area contributed by atoms with Crippen molar-refractivity contribution in [2.45, 2.75) is 97.0 Å². The summed E-state index contributed by atoms with van der Waals surface area (Å²) >= 11 is 0. The van der Waals surface area contributed by atoms with Gasteiger partial charge in [-0.25, -0.2) is 0 Å². The van der Waals surface area contributed by atoms with E-state index in [-0.39, 0.29) is 12.1 Å². The average molecular weight is 268 g/mol. The van der Waals surface area contributed by atoms with Gasteiger partial charge in [-0.15, -0.1) is 0 Å². The van der Waals surface area contributed by atoms with Crippen LogP contribution < -0.4 is 0 Å². The van der Waals surface area contributed by atoms with Gasteiger partial charge in [-0.2, -0.15) is 0 Å². The largest absolute Gasteiger partial charge is 0.463 e. The number of esters is 1. The fourth-order valence-corrected chi connectivity index (χ4v) is 3.28. The number of carbonyl (C=O) groups excluding carboxylic acids is 1. The molecule has 1 saturated carbocycles. The standard InChI is InChI=1S/C17H32O2/c1-15(19-16(2)18)14-17-12-10-8-6-4-3-5-7-9-11-13-17/h15,17H,3-14H2,1-2H3. The van der Waals surface area contributed by atoms with Crippen molar-refractivity contribution < 1.29 is 9.53 Å². The molecular weight excluding hydrogens is 236 g/mol. The summed E-state index contributed by atoms with van der Waals surface area (Å²) in [6, 6.07) is 0. The van der Waals surface area contributed by atoms with Crippen molar-refractivity contribution in [1.29, 1.82) is 0 Å². The molecule has 0 N–H and O–H groups in total. The topological polar surface area (TPSA) is 26.3 Å². The van der Waals surface area contributed by atoms with Gasteiger partial charge in [0.1, 0.15) is 0 Å². The number of hydrogen-bond acceptors (Lipinski definition) is 2. The summed E-state index contributed by atoms with van der Waals surface area (Å²) in [5, 5.41) is 0. The summed E-state index contributed by atoms with van der Waals surface area (Å²) in [5.74, 6) is 0.620. The molecule has 1 aliphatic rings. The molecule has 2 heteroatoms. The monoisotopic (exact) mass is 268 g/mol. The highest BCUT2D eigenvalue weighted by molar-refractivity contribution is 5.66. The zero-order valence-electron chi connectivity index (χ0n) is 13.0. The van der Waals surface area contributed by atoms with E-state index in [0.717, 1.165) is 12.3 Å². The van der Waals surface area contributed by atoms with Crippen molar-refractivity contribution >= 4 is 5.97 Å². The summed E-state index contributed by atoms with van der Waals surface area (Å²) in [6.45, 7) is 3.55. The van der Waals surface area contributed by atoms with E-state index in [2.05, 4.69) is 0 Å². The maximum Gasteiger partial charge on any atom is 0.302 e. The molecule has 1 fully saturated rings. The maximum absolute atomic E-state index is 11.0. The van der Waals surface area contributed by atoms with Crippen LogP contribution in [0.1, 0.15) is 90.9 Å².